The van der Waals surface area contributed by atoms with Crippen molar-refractivity contribution in [1.82, 2.24) is 35.6 Å². The SMILES string of the molecule is COc1cc(/C=N/NC(=O)c2c(CN3CCCC3)nnn2-c2nonc2N)ccc1OCc1ccccc1F. The van der Waals surface area contributed by atoms with Gasteiger partial charge in [-0.25, -0.2) is 14.4 Å². The van der Waals surface area contributed by atoms with Gasteiger partial charge in [0.05, 0.1) is 13.3 Å². The number of hydrogen-bond donors (Lipinski definition) is 2. The minimum atomic E-state index is -0.565. The van der Waals surface area contributed by atoms with Crippen LogP contribution in [0.1, 0.15) is 40.2 Å². The normalized spacial score (nSPS) is 13.7. The van der Waals surface area contributed by atoms with E-state index in [-0.39, 0.29) is 29.8 Å². The Kier molecular flexibility index (Phi) is 7.73. The zero-order chi connectivity index (χ0) is 27.2. The molecule has 4 aromatic rings. The van der Waals surface area contributed by atoms with Gasteiger partial charge in [0.25, 0.3) is 5.91 Å². The van der Waals surface area contributed by atoms with Gasteiger partial charge in [0.1, 0.15) is 18.1 Å². The van der Waals surface area contributed by atoms with E-state index in [1.807, 2.05) is 0 Å². The van der Waals surface area contributed by atoms with Gasteiger partial charge in [-0.3, -0.25) is 9.69 Å². The molecule has 2 aromatic carbocycles. The average Bonchev–Trinajstić information content (AvgIpc) is 3.70. The van der Waals surface area contributed by atoms with Gasteiger partial charge >= 0.3 is 0 Å². The fraction of sp³-hybridized carbons (Fsp3) is 0.280. The van der Waals surface area contributed by atoms with Gasteiger partial charge < -0.3 is 15.2 Å². The molecule has 0 atom stereocenters. The molecular weight excluding hydrogens is 509 g/mol. The van der Waals surface area contributed by atoms with E-state index in [4.69, 9.17) is 15.2 Å². The maximum absolute atomic E-state index is 13.9. The predicted molar refractivity (Wildman–Crippen MR) is 137 cm³/mol. The van der Waals surface area contributed by atoms with Gasteiger partial charge in [-0.1, -0.05) is 23.4 Å². The summed E-state index contributed by atoms with van der Waals surface area (Å²) in [5, 5.41) is 19.6. The first-order valence-corrected chi connectivity index (χ1v) is 12.2. The summed E-state index contributed by atoms with van der Waals surface area (Å²) >= 11 is 0. The fourth-order valence-electron chi connectivity index (χ4n) is 4.16. The number of hydrogen-bond acceptors (Lipinski definition) is 11. The fourth-order valence-corrected chi connectivity index (χ4v) is 4.16. The lowest BCUT2D eigenvalue weighted by Crippen LogP contribution is -2.26. The Labute approximate surface area is 222 Å². The number of amides is 1. The number of halogens is 1. The number of nitrogens with zero attached hydrogens (tertiary/aromatic N) is 7. The van der Waals surface area contributed by atoms with E-state index in [1.165, 1.54) is 24.1 Å². The van der Waals surface area contributed by atoms with Crippen molar-refractivity contribution in [3.63, 3.8) is 0 Å². The number of hydrazone groups is 1. The van der Waals surface area contributed by atoms with Crippen LogP contribution >= 0.6 is 0 Å². The second-order valence-corrected chi connectivity index (χ2v) is 8.74. The van der Waals surface area contributed by atoms with Gasteiger partial charge in [-0.15, -0.1) is 5.10 Å². The molecule has 14 heteroatoms. The Morgan fingerprint density at radius 2 is 2.03 bits per heavy atom. The number of carbonyl (C=O) groups is 1. The molecule has 3 N–H and O–H groups in total. The quantitative estimate of drug-likeness (QED) is 0.228. The van der Waals surface area contributed by atoms with E-state index in [0.29, 0.717) is 34.9 Å². The second-order valence-electron chi connectivity index (χ2n) is 8.74. The van der Waals surface area contributed by atoms with Crippen molar-refractivity contribution in [2.24, 2.45) is 5.10 Å². The number of nitrogen functional groups attached to an aromatic ring is 1. The van der Waals surface area contributed by atoms with E-state index in [2.05, 4.69) is 40.7 Å². The molecule has 1 fully saturated rings. The third kappa shape index (κ3) is 5.85. The first kappa shape index (κ1) is 25.8. The van der Waals surface area contributed by atoms with E-state index in [9.17, 15) is 9.18 Å². The molecule has 13 nitrogen and oxygen atoms in total. The zero-order valence-corrected chi connectivity index (χ0v) is 21.1. The van der Waals surface area contributed by atoms with Crippen LogP contribution in [-0.2, 0) is 13.2 Å². The van der Waals surface area contributed by atoms with Crippen LogP contribution in [0.5, 0.6) is 11.5 Å². The number of ether oxygens (including phenoxy) is 2. The molecule has 5 rings (SSSR count). The molecule has 3 heterocycles. The van der Waals surface area contributed by atoms with Crippen molar-refractivity contribution in [3.8, 4) is 17.3 Å². The maximum atomic E-state index is 13.9. The number of anilines is 1. The summed E-state index contributed by atoms with van der Waals surface area (Å²) < 4.78 is 30.9. The molecule has 39 heavy (non-hydrogen) atoms. The van der Waals surface area contributed by atoms with Crippen LogP contribution in [0.15, 0.2) is 52.2 Å². The molecule has 0 bridgehead atoms. The molecule has 1 aliphatic heterocycles. The number of nitrogens with one attached hydrogen (secondary N) is 1. The number of nitrogens with two attached hydrogens (primary N) is 1. The lowest BCUT2D eigenvalue weighted by molar-refractivity contribution is 0.0945. The Bertz CT molecular complexity index is 1480. The number of carbonyl (C=O) groups excluding carboxylic acids is 1. The van der Waals surface area contributed by atoms with E-state index in [1.54, 1.807) is 36.4 Å². The lowest BCUT2D eigenvalue weighted by atomic mass is 10.2. The lowest BCUT2D eigenvalue weighted by Gasteiger charge is -2.13. The van der Waals surface area contributed by atoms with E-state index < -0.39 is 5.91 Å². The maximum Gasteiger partial charge on any atom is 0.292 e. The highest BCUT2D eigenvalue weighted by Crippen LogP contribution is 2.28. The Hall–Kier alpha value is -4.85. The molecule has 1 aliphatic rings. The Morgan fingerprint density at radius 1 is 1.21 bits per heavy atom. The monoisotopic (exact) mass is 535 g/mol. The molecule has 0 radical (unpaired) electrons. The molecule has 1 amide bonds. The minimum absolute atomic E-state index is 0.0328. The van der Waals surface area contributed by atoms with Crippen molar-refractivity contribution >= 4 is 17.9 Å². The van der Waals surface area contributed by atoms with Crippen LogP contribution in [0.4, 0.5) is 10.2 Å². The summed E-state index contributed by atoms with van der Waals surface area (Å²) in [6.07, 6.45) is 3.61. The first-order chi connectivity index (χ1) is 19.0. The largest absolute Gasteiger partial charge is 0.493 e. The summed E-state index contributed by atoms with van der Waals surface area (Å²) in [6.45, 7) is 2.28. The third-order valence-corrected chi connectivity index (χ3v) is 6.13. The van der Waals surface area contributed by atoms with Crippen molar-refractivity contribution in [1.29, 1.82) is 0 Å². The highest BCUT2D eigenvalue weighted by Gasteiger charge is 2.27. The van der Waals surface area contributed by atoms with Crippen molar-refractivity contribution in [2.45, 2.75) is 26.0 Å². The topological polar surface area (TPSA) is 159 Å². The van der Waals surface area contributed by atoms with Crippen LogP contribution in [0.2, 0.25) is 0 Å². The average molecular weight is 536 g/mol. The van der Waals surface area contributed by atoms with E-state index >= 15 is 0 Å². The summed E-state index contributed by atoms with van der Waals surface area (Å²) in [5.41, 5.74) is 9.95. The summed E-state index contributed by atoms with van der Waals surface area (Å²) in [7, 11) is 1.49. The van der Waals surface area contributed by atoms with Crippen LogP contribution in [-0.4, -0.2) is 62.5 Å². The molecule has 202 valence electrons. The smallest absolute Gasteiger partial charge is 0.292 e. The van der Waals surface area contributed by atoms with Gasteiger partial charge in [0, 0.05) is 12.1 Å². The third-order valence-electron chi connectivity index (χ3n) is 6.13. The number of rotatable bonds is 10. The molecule has 0 unspecified atom stereocenters. The van der Waals surface area contributed by atoms with Crippen LogP contribution < -0.4 is 20.6 Å². The highest BCUT2D eigenvalue weighted by atomic mass is 19.1. The number of benzene rings is 2. The van der Waals surface area contributed by atoms with Crippen LogP contribution in [0, 0.1) is 5.82 Å². The van der Waals surface area contributed by atoms with Gasteiger partial charge in [-0.05, 0) is 66.1 Å². The first-order valence-electron chi connectivity index (χ1n) is 12.2. The van der Waals surface area contributed by atoms with Crippen molar-refractivity contribution in [3.05, 3.63) is 70.8 Å². The van der Waals surface area contributed by atoms with Gasteiger partial charge in [0.2, 0.25) is 11.6 Å². The summed E-state index contributed by atoms with van der Waals surface area (Å²) in [5.74, 6) is -0.0362. The minimum Gasteiger partial charge on any atom is -0.493 e. The number of methoxy groups -OCH3 is 1. The molecule has 2 aromatic heterocycles. The second kappa shape index (κ2) is 11.7. The zero-order valence-electron chi connectivity index (χ0n) is 21.1. The molecule has 0 saturated carbocycles. The Balaban J connectivity index is 1.30. The summed E-state index contributed by atoms with van der Waals surface area (Å²) in [6, 6.07) is 11.5. The Morgan fingerprint density at radius 3 is 2.77 bits per heavy atom. The molecule has 1 saturated heterocycles. The number of aromatic nitrogens is 5. The molecule has 0 spiro atoms. The van der Waals surface area contributed by atoms with Crippen molar-refractivity contribution < 1.29 is 23.3 Å². The van der Waals surface area contributed by atoms with Crippen LogP contribution in [0.3, 0.4) is 0 Å². The summed E-state index contributed by atoms with van der Waals surface area (Å²) in [4.78, 5) is 15.4. The van der Waals surface area contributed by atoms with Gasteiger partial charge in [-0.2, -0.15) is 9.78 Å². The molecule has 0 aliphatic carbocycles. The van der Waals surface area contributed by atoms with Gasteiger partial charge in [0.15, 0.2) is 17.2 Å². The highest BCUT2D eigenvalue weighted by molar-refractivity contribution is 5.95. The number of likely N-dealkylation sites (tertiary alicyclic amines) is 1. The standard InChI is InChI=1S/C25H26FN9O4/c1-37-21-12-16(8-9-20(21)38-15-17-6-2-3-7-18(17)26)13-28-30-25(36)22-19(14-34-10-4-5-11-34)29-33-35(22)24-23(27)31-39-32-24/h2-3,6-9,12-13H,4-5,10-11,14-15H2,1H3,(H2,27,31)(H,30,36)/b28-13+. The predicted octanol–water partition coefficient (Wildman–Crippen LogP) is 2.32. The molecular formula is C25H26FN9O4. The van der Waals surface area contributed by atoms with Crippen LogP contribution in [0.25, 0.3) is 5.82 Å². The van der Waals surface area contributed by atoms with Crippen molar-refractivity contribution in [2.75, 3.05) is 25.9 Å². The van der Waals surface area contributed by atoms with E-state index in [0.717, 1.165) is 25.9 Å².